The zero-order valence-corrected chi connectivity index (χ0v) is 12.5. The van der Waals surface area contributed by atoms with Crippen molar-refractivity contribution in [3.63, 3.8) is 0 Å². The SMILES string of the molecule is COc1cc([N+](=O)[O-])cc2c1N[C@@H](C(C)C)[C@@H]1CC=C[C@@H]21. The van der Waals surface area contributed by atoms with Crippen molar-refractivity contribution in [1.82, 2.24) is 0 Å². The molecule has 0 unspecified atom stereocenters. The zero-order chi connectivity index (χ0) is 15.1. The Morgan fingerprint density at radius 3 is 2.81 bits per heavy atom. The number of hydrogen-bond donors (Lipinski definition) is 1. The van der Waals surface area contributed by atoms with Gasteiger partial charge < -0.3 is 10.1 Å². The van der Waals surface area contributed by atoms with E-state index in [0.717, 1.165) is 17.7 Å². The molecule has 0 bridgehead atoms. The summed E-state index contributed by atoms with van der Waals surface area (Å²) in [7, 11) is 1.56. The minimum Gasteiger partial charge on any atom is -0.494 e. The summed E-state index contributed by atoms with van der Waals surface area (Å²) >= 11 is 0. The number of nitrogens with one attached hydrogen (secondary N) is 1. The molecule has 1 N–H and O–H groups in total. The van der Waals surface area contributed by atoms with Crippen molar-refractivity contribution in [1.29, 1.82) is 0 Å². The van der Waals surface area contributed by atoms with Gasteiger partial charge in [-0.2, -0.15) is 0 Å². The molecule has 0 fully saturated rings. The van der Waals surface area contributed by atoms with Gasteiger partial charge in [0.05, 0.1) is 23.8 Å². The highest BCUT2D eigenvalue weighted by Gasteiger charge is 2.40. The fourth-order valence-electron chi connectivity index (χ4n) is 3.62. The van der Waals surface area contributed by atoms with Crippen LogP contribution in [0.1, 0.15) is 31.7 Å². The highest BCUT2D eigenvalue weighted by Crippen LogP contribution is 2.50. The topological polar surface area (TPSA) is 64.4 Å². The standard InChI is InChI=1S/C16H20N2O3/c1-9(2)15-12-6-4-5-11(12)13-7-10(18(19)20)8-14(21-3)16(13)17-15/h4-5,7-9,11-12,15,17H,6H2,1-3H3/t11-,12-,15+/m1/s1. The number of anilines is 1. The first-order valence-corrected chi connectivity index (χ1v) is 7.32. The Hall–Kier alpha value is -2.04. The van der Waals surface area contributed by atoms with Crippen LogP contribution in [0.25, 0.3) is 0 Å². The summed E-state index contributed by atoms with van der Waals surface area (Å²) in [4.78, 5) is 10.8. The maximum atomic E-state index is 11.1. The number of nitrogens with zero attached hydrogens (tertiary/aromatic N) is 1. The maximum absolute atomic E-state index is 11.1. The molecule has 2 aliphatic rings. The summed E-state index contributed by atoms with van der Waals surface area (Å²) in [6, 6.07) is 3.55. The van der Waals surface area contributed by atoms with Gasteiger partial charge in [-0.1, -0.05) is 26.0 Å². The summed E-state index contributed by atoms with van der Waals surface area (Å²) in [5, 5.41) is 14.7. The molecule has 1 aliphatic heterocycles. The normalized spacial score (nSPS) is 26.2. The number of non-ortho nitro benzene ring substituents is 1. The van der Waals surface area contributed by atoms with E-state index in [1.165, 1.54) is 6.07 Å². The Labute approximate surface area is 124 Å². The average Bonchev–Trinajstić information content (AvgIpc) is 2.94. The quantitative estimate of drug-likeness (QED) is 0.523. The Morgan fingerprint density at radius 1 is 1.43 bits per heavy atom. The van der Waals surface area contributed by atoms with Crippen LogP contribution in [0.3, 0.4) is 0 Å². The van der Waals surface area contributed by atoms with Crippen LogP contribution in [0, 0.1) is 22.0 Å². The number of nitro benzene ring substituents is 1. The number of allylic oxidation sites excluding steroid dienone is 2. The van der Waals surface area contributed by atoms with Crippen LogP contribution in [-0.2, 0) is 0 Å². The number of methoxy groups -OCH3 is 1. The number of ether oxygens (including phenoxy) is 1. The maximum Gasteiger partial charge on any atom is 0.273 e. The summed E-state index contributed by atoms with van der Waals surface area (Å²) in [5.74, 6) is 1.75. The van der Waals surface area contributed by atoms with E-state index >= 15 is 0 Å². The molecule has 0 amide bonds. The lowest BCUT2D eigenvalue weighted by Crippen LogP contribution is -2.39. The van der Waals surface area contributed by atoms with Gasteiger partial charge in [-0.3, -0.25) is 10.1 Å². The monoisotopic (exact) mass is 288 g/mol. The molecular weight excluding hydrogens is 268 g/mol. The Morgan fingerprint density at radius 2 is 2.19 bits per heavy atom. The zero-order valence-electron chi connectivity index (χ0n) is 12.5. The summed E-state index contributed by atoms with van der Waals surface area (Å²) in [5.41, 5.74) is 1.99. The molecule has 112 valence electrons. The van der Waals surface area contributed by atoms with Gasteiger partial charge in [-0.15, -0.1) is 0 Å². The second kappa shape index (κ2) is 5.06. The largest absolute Gasteiger partial charge is 0.494 e. The number of fused-ring (bicyclic) bond motifs is 3. The fourth-order valence-corrected chi connectivity index (χ4v) is 3.62. The molecule has 1 aromatic carbocycles. The summed E-state index contributed by atoms with van der Waals surface area (Å²) in [6.45, 7) is 4.41. The molecule has 0 saturated carbocycles. The van der Waals surface area contributed by atoms with Crippen LogP contribution in [0.2, 0.25) is 0 Å². The van der Waals surface area contributed by atoms with E-state index in [2.05, 4.69) is 31.3 Å². The highest BCUT2D eigenvalue weighted by molar-refractivity contribution is 5.70. The molecule has 1 aliphatic carbocycles. The Bertz CT molecular complexity index is 610. The molecule has 3 rings (SSSR count). The van der Waals surface area contributed by atoms with Gasteiger partial charge in [0, 0.05) is 18.0 Å². The Kier molecular flexibility index (Phi) is 3.35. The van der Waals surface area contributed by atoms with E-state index in [0.29, 0.717) is 23.6 Å². The third-order valence-electron chi connectivity index (χ3n) is 4.61. The third kappa shape index (κ3) is 2.17. The van der Waals surface area contributed by atoms with Gasteiger partial charge in [0.1, 0.15) is 5.75 Å². The third-order valence-corrected chi connectivity index (χ3v) is 4.61. The van der Waals surface area contributed by atoms with Gasteiger partial charge >= 0.3 is 0 Å². The molecule has 5 nitrogen and oxygen atoms in total. The second-order valence-corrected chi connectivity index (χ2v) is 6.14. The van der Waals surface area contributed by atoms with E-state index < -0.39 is 0 Å². The Balaban J connectivity index is 2.15. The lowest BCUT2D eigenvalue weighted by Gasteiger charge is -2.39. The van der Waals surface area contributed by atoms with Gasteiger partial charge in [0.25, 0.3) is 5.69 Å². The van der Waals surface area contributed by atoms with Crippen molar-refractivity contribution in [2.24, 2.45) is 11.8 Å². The van der Waals surface area contributed by atoms with Crippen molar-refractivity contribution in [3.05, 3.63) is 40.0 Å². The van der Waals surface area contributed by atoms with E-state index in [1.54, 1.807) is 13.2 Å². The lowest BCUT2D eigenvalue weighted by molar-refractivity contribution is -0.385. The highest BCUT2D eigenvalue weighted by atomic mass is 16.6. The summed E-state index contributed by atoms with van der Waals surface area (Å²) in [6.07, 6.45) is 5.39. The van der Waals surface area contributed by atoms with Crippen LogP contribution >= 0.6 is 0 Å². The van der Waals surface area contributed by atoms with Gasteiger partial charge in [0.2, 0.25) is 0 Å². The van der Waals surface area contributed by atoms with Gasteiger partial charge in [0.15, 0.2) is 0 Å². The number of nitro groups is 1. The first kappa shape index (κ1) is 13.9. The predicted octanol–water partition coefficient (Wildman–Crippen LogP) is 3.71. The first-order valence-electron chi connectivity index (χ1n) is 7.32. The van der Waals surface area contributed by atoms with Crippen LogP contribution in [0.5, 0.6) is 5.75 Å². The van der Waals surface area contributed by atoms with Gasteiger partial charge in [-0.25, -0.2) is 0 Å². The molecule has 0 saturated heterocycles. The minimum absolute atomic E-state index is 0.0921. The number of hydrogen-bond acceptors (Lipinski definition) is 4. The van der Waals surface area contributed by atoms with E-state index in [1.807, 2.05) is 0 Å². The molecule has 5 heteroatoms. The van der Waals surface area contributed by atoms with Crippen molar-refractivity contribution in [2.45, 2.75) is 32.2 Å². The molecule has 1 heterocycles. The predicted molar refractivity (Wildman–Crippen MR) is 81.9 cm³/mol. The van der Waals surface area contributed by atoms with Gasteiger partial charge in [-0.05, 0) is 23.8 Å². The van der Waals surface area contributed by atoms with Crippen molar-refractivity contribution < 1.29 is 9.66 Å². The molecule has 0 spiro atoms. The fraction of sp³-hybridized carbons (Fsp3) is 0.500. The molecule has 0 aromatic heterocycles. The van der Waals surface area contributed by atoms with Crippen molar-refractivity contribution in [3.8, 4) is 5.75 Å². The number of rotatable bonds is 3. The number of benzene rings is 1. The van der Waals surface area contributed by atoms with Crippen molar-refractivity contribution in [2.75, 3.05) is 12.4 Å². The van der Waals surface area contributed by atoms with Crippen LogP contribution < -0.4 is 10.1 Å². The first-order chi connectivity index (χ1) is 10.0. The molecular formula is C16H20N2O3. The summed E-state index contributed by atoms with van der Waals surface area (Å²) < 4.78 is 5.39. The molecule has 0 radical (unpaired) electrons. The van der Waals surface area contributed by atoms with E-state index in [9.17, 15) is 10.1 Å². The van der Waals surface area contributed by atoms with E-state index in [4.69, 9.17) is 4.74 Å². The van der Waals surface area contributed by atoms with Crippen molar-refractivity contribution >= 4 is 11.4 Å². The van der Waals surface area contributed by atoms with Crippen LogP contribution in [-0.4, -0.2) is 18.1 Å². The minimum atomic E-state index is -0.356. The molecule has 3 atom stereocenters. The lowest BCUT2D eigenvalue weighted by atomic mass is 9.75. The average molecular weight is 288 g/mol. The molecule has 1 aromatic rings. The van der Waals surface area contributed by atoms with Crippen LogP contribution in [0.15, 0.2) is 24.3 Å². The molecule has 21 heavy (non-hydrogen) atoms. The van der Waals surface area contributed by atoms with E-state index in [-0.39, 0.29) is 16.5 Å². The second-order valence-electron chi connectivity index (χ2n) is 6.14. The van der Waals surface area contributed by atoms with Crippen LogP contribution in [0.4, 0.5) is 11.4 Å². The smallest absolute Gasteiger partial charge is 0.273 e.